The third-order valence-corrected chi connectivity index (χ3v) is 5.06. The van der Waals surface area contributed by atoms with E-state index < -0.39 is 23.7 Å². The van der Waals surface area contributed by atoms with E-state index >= 15 is 0 Å². The van der Waals surface area contributed by atoms with E-state index in [-0.39, 0.29) is 11.0 Å². The van der Waals surface area contributed by atoms with Crippen LogP contribution in [0.1, 0.15) is 50.7 Å². The minimum absolute atomic E-state index is 0.0970. The molecule has 2 heterocycles. The molecule has 3 nitrogen and oxygen atoms in total. The van der Waals surface area contributed by atoms with Crippen molar-refractivity contribution in [3.63, 3.8) is 0 Å². The van der Waals surface area contributed by atoms with Crippen LogP contribution in [0.2, 0.25) is 0 Å². The second-order valence-corrected chi connectivity index (χ2v) is 6.27. The average molecular weight is 309 g/mol. The minimum Gasteiger partial charge on any atom is -0.349 e. The van der Waals surface area contributed by atoms with Gasteiger partial charge in [0.15, 0.2) is 5.79 Å². The molecule has 0 amide bonds. The lowest BCUT2D eigenvalue weighted by molar-refractivity contribution is -0.268. The summed E-state index contributed by atoms with van der Waals surface area (Å²) in [6, 6.07) is 1.14. The fourth-order valence-corrected chi connectivity index (χ4v) is 3.99. The van der Waals surface area contributed by atoms with Gasteiger partial charge in [-0.25, -0.2) is 9.37 Å². The van der Waals surface area contributed by atoms with Crippen molar-refractivity contribution in [3.05, 3.63) is 42.2 Å². The van der Waals surface area contributed by atoms with Crippen molar-refractivity contribution in [2.45, 2.75) is 50.9 Å². The molecular weight excluding hydrogens is 288 g/mol. The number of allylic oxidation sites excluding steroid dienone is 1. The lowest BCUT2D eigenvalue weighted by Gasteiger charge is -2.40. The summed E-state index contributed by atoms with van der Waals surface area (Å²) in [5.41, 5.74) is 0.0320. The number of nitrogens with zero attached hydrogens (tertiary/aromatic N) is 1. The van der Waals surface area contributed by atoms with Crippen LogP contribution in [0, 0.1) is 17.2 Å². The van der Waals surface area contributed by atoms with E-state index in [0.29, 0.717) is 6.61 Å². The monoisotopic (exact) mass is 309 g/mol. The van der Waals surface area contributed by atoms with E-state index in [1.165, 1.54) is 0 Å². The third kappa shape index (κ3) is 2.36. The predicted octanol–water partition coefficient (Wildman–Crippen LogP) is 4.30. The normalized spacial score (nSPS) is 32.0. The van der Waals surface area contributed by atoms with Crippen molar-refractivity contribution in [2.75, 3.05) is 6.61 Å². The molecule has 2 fully saturated rings. The van der Waals surface area contributed by atoms with Crippen molar-refractivity contribution < 1.29 is 18.3 Å². The fraction of sp³-hybridized carbons (Fsp3) is 0.588. The van der Waals surface area contributed by atoms with E-state index in [2.05, 4.69) is 11.6 Å². The molecule has 2 aliphatic rings. The number of hydrogen-bond acceptors (Lipinski definition) is 3. The summed E-state index contributed by atoms with van der Waals surface area (Å²) in [5, 5.41) is 0. The molecule has 0 N–H and O–H groups in total. The summed E-state index contributed by atoms with van der Waals surface area (Å²) in [7, 11) is 0. The molecule has 1 aliphatic heterocycles. The lowest BCUT2D eigenvalue weighted by Crippen LogP contribution is -2.43. The summed E-state index contributed by atoms with van der Waals surface area (Å²) >= 11 is 0. The molecule has 0 bridgehead atoms. The highest BCUT2D eigenvalue weighted by Crippen LogP contribution is 2.59. The Hall–Kier alpha value is -1.33. The fourth-order valence-electron chi connectivity index (χ4n) is 3.99. The van der Waals surface area contributed by atoms with E-state index in [9.17, 15) is 8.78 Å². The molecule has 1 saturated carbocycles. The molecule has 1 aromatic rings. The zero-order valence-corrected chi connectivity index (χ0v) is 12.8. The van der Waals surface area contributed by atoms with Gasteiger partial charge in [0.2, 0.25) is 5.95 Å². The topological polar surface area (TPSA) is 31.4 Å². The molecular formula is C17H21F2NO2. The van der Waals surface area contributed by atoms with Crippen molar-refractivity contribution in [2.24, 2.45) is 5.41 Å². The Morgan fingerprint density at radius 3 is 3.05 bits per heavy atom. The first-order chi connectivity index (χ1) is 10.5. The number of rotatable bonds is 5. The molecule has 1 saturated heterocycles. The number of fused-ring (bicyclic) bond motifs is 1. The Morgan fingerprint density at radius 2 is 2.27 bits per heavy atom. The van der Waals surface area contributed by atoms with Crippen LogP contribution in [0.15, 0.2) is 24.9 Å². The molecule has 22 heavy (non-hydrogen) atoms. The molecule has 3 rings (SSSR count). The first kappa shape index (κ1) is 15.6. The molecule has 0 spiro atoms. The molecule has 5 heteroatoms. The number of ether oxygens (including phenoxy) is 2. The smallest absolute Gasteiger partial charge is 0.218 e. The largest absolute Gasteiger partial charge is 0.349 e. The van der Waals surface area contributed by atoms with Gasteiger partial charge in [0.1, 0.15) is 5.82 Å². The third-order valence-electron chi connectivity index (χ3n) is 5.06. The molecule has 1 unspecified atom stereocenters. The highest BCUT2D eigenvalue weighted by molar-refractivity contribution is 5.16. The summed E-state index contributed by atoms with van der Waals surface area (Å²) in [6.45, 7) is 6.19. The average Bonchev–Trinajstić information content (AvgIpc) is 2.96. The highest BCUT2D eigenvalue weighted by atomic mass is 19.1. The van der Waals surface area contributed by atoms with Crippen molar-refractivity contribution in [1.29, 1.82) is 0 Å². The minimum atomic E-state index is -0.723. The van der Waals surface area contributed by atoms with Crippen molar-refractivity contribution in [1.82, 2.24) is 4.98 Å². The van der Waals surface area contributed by atoms with Crippen molar-refractivity contribution >= 4 is 0 Å². The summed E-state index contributed by atoms with van der Waals surface area (Å²) in [4.78, 5) is 3.43. The van der Waals surface area contributed by atoms with Crippen LogP contribution in [0.3, 0.4) is 0 Å². The molecule has 1 aliphatic carbocycles. The Morgan fingerprint density at radius 1 is 1.45 bits per heavy atom. The van der Waals surface area contributed by atoms with Gasteiger partial charge in [-0.1, -0.05) is 6.08 Å². The molecule has 0 radical (unpaired) electrons. The highest BCUT2D eigenvalue weighted by Gasteiger charge is 2.60. The SMILES string of the molecule is C=CC[C@]12CCC[C@@]1(OC(C)c1cc(F)cnc1F)OCC2. The molecule has 0 aromatic carbocycles. The summed E-state index contributed by atoms with van der Waals surface area (Å²) in [5.74, 6) is -1.99. The molecule has 1 aromatic heterocycles. The van der Waals surface area contributed by atoms with Crippen LogP contribution in [0.5, 0.6) is 0 Å². The summed E-state index contributed by atoms with van der Waals surface area (Å²) in [6.07, 6.45) is 6.65. The molecule has 120 valence electrons. The van der Waals surface area contributed by atoms with Gasteiger partial charge < -0.3 is 9.47 Å². The van der Waals surface area contributed by atoms with Gasteiger partial charge in [-0.2, -0.15) is 4.39 Å². The predicted molar refractivity (Wildman–Crippen MR) is 78.1 cm³/mol. The number of aromatic nitrogens is 1. The Bertz CT molecular complexity index is 566. The van der Waals surface area contributed by atoms with Gasteiger partial charge in [0, 0.05) is 17.4 Å². The Labute approximate surface area is 129 Å². The number of hydrogen-bond donors (Lipinski definition) is 0. The zero-order valence-electron chi connectivity index (χ0n) is 12.8. The zero-order chi connectivity index (χ0) is 15.8. The van der Waals surface area contributed by atoms with Gasteiger partial charge >= 0.3 is 0 Å². The first-order valence-electron chi connectivity index (χ1n) is 7.76. The first-order valence-corrected chi connectivity index (χ1v) is 7.76. The maximum Gasteiger partial charge on any atom is 0.218 e. The molecule has 3 atom stereocenters. The van der Waals surface area contributed by atoms with Gasteiger partial charge in [-0.05, 0) is 38.7 Å². The van der Waals surface area contributed by atoms with E-state index in [1.54, 1.807) is 6.92 Å². The maximum absolute atomic E-state index is 13.9. The van der Waals surface area contributed by atoms with Crippen LogP contribution in [-0.2, 0) is 9.47 Å². The quantitative estimate of drug-likeness (QED) is 0.600. The van der Waals surface area contributed by atoms with Gasteiger partial charge in [0.05, 0.1) is 18.9 Å². The van der Waals surface area contributed by atoms with Gasteiger partial charge in [-0.15, -0.1) is 6.58 Å². The lowest BCUT2D eigenvalue weighted by atomic mass is 9.77. The van der Waals surface area contributed by atoms with E-state index in [4.69, 9.17) is 9.47 Å². The Kier molecular flexibility index (Phi) is 4.03. The van der Waals surface area contributed by atoms with Crippen LogP contribution in [0.25, 0.3) is 0 Å². The van der Waals surface area contributed by atoms with Gasteiger partial charge in [0.25, 0.3) is 0 Å². The van der Waals surface area contributed by atoms with Crippen LogP contribution < -0.4 is 0 Å². The number of halogens is 2. The maximum atomic E-state index is 13.9. The van der Waals surface area contributed by atoms with Gasteiger partial charge in [-0.3, -0.25) is 0 Å². The van der Waals surface area contributed by atoms with E-state index in [0.717, 1.165) is 44.4 Å². The summed E-state index contributed by atoms with van der Waals surface area (Å²) < 4.78 is 39.4. The van der Waals surface area contributed by atoms with E-state index in [1.807, 2.05) is 6.08 Å². The van der Waals surface area contributed by atoms with Crippen LogP contribution in [-0.4, -0.2) is 17.4 Å². The second-order valence-electron chi connectivity index (χ2n) is 6.27. The second kappa shape index (κ2) is 5.70. The van der Waals surface area contributed by atoms with Crippen molar-refractivity contribution in [3.8, 4) is 0 Å². The van der Waals surface area contributed by atoms with Crippen LogP contribution in [0.4, 0.5) is 8.78 Å². The van der Waals surface area contributed by atoms with Crippen LogP contribution >= 0.6 is 0 Å². The number of pyridine rings is 1. The Balaban J connectivity index is 1.87. The standard InChI is InChI=1S/C17H21F2NO2/c1-3-5-16-6-4-7-17(16,21-9-8-16)22-12(2)14-10-13(18)11-20-15(14)19/h3,10-12H,1,4-9H2,2H3/t12?,16-,17+/m1/s1.